The van der Waals surface area contributed by atoms with E-state index >= 15 is 0 Å². The number of halogens is 1. The van der Waals surface area contributed by atoms with Crippen molar-refractivity contribution in [3.63, 3.8) is 0 Å². The van der Waals surface area contributed by atoms with E-state index in [0.29, 0.717) is 22.0 Å². The molecule has 6 heteroatoms. The predicted molar refractivity (Wildman–Crippen MR) is 110 cm³/mol. The van der Waals surface area contributed by atoms with Crippen molar-refractivity contribution in [2.24, 2.45) is 0 Å². The molecule has 1 aliphatic heterocycles. The van der Waals surface area contributed by atoms with E-state index in [0.717, 1.165) is 5.56 Å². The molecule has 1 aliphatic rings. The monoisotopic (exact) mass is 407 g/mol. The number of rotatable bonds is 6. The Morgan fingerprint density at radius 1 is 1.14 bits per heavy atom. The number of allylic oxidation sites excluding steroid dienone is 1. The first kappa shape index (κ1) is 19.2. The molecule has 29 heavy (non-hydrogen) atoms. The summed E-state index contributed by atoms with van der Waals surface area (Å²) in [6.07, 6.45) is 3.97. The minimum Gasteiger partial charge on any atom is -0.465 e. The first-order valence-electron chi connectivity index (χ1n) is 9.10. The normalized spacial score (nSPS) is 18.4. The average Bonchev–Trinajstić information content (AvgIpc) is 3.29. The second-order valence-corrected chi connectivity index (χ2v) is 7.33. The predicted octanol–water partition coefficient (Wildman–Crippen LogP) is 4.34. The van der Waals surface area contributed by atoms with Crippen molar-refractivity contribution in [1.82, 2.24) is 0 Å². The molecule has 0 fully saturated rings. The fourth-order valence-electron chi connectivity index (χ4n) is 3.52. The van der Waals surface area contributed by atoms with Crippen LogP contribution in [-0.2, 0) is 21.7 Å². The minimum atomic E-state index is -1.92. The van der Waals surface area contributed by atoms with Crippen LogP contribution in [0.3, 0.4) is 0 Å². The van der Waals surface area contributed by atoms with Gasteiger partial charge in [0.1, 0.15) is 5.76 Å². The van der Waals surface area contributed by atoms with Gasteiger partial charge >= 0.3 is 0 Å². The number of amides is 1. The summed E-state index contributed by atoms with van der Waals surface area (Å²) in [6, 6.07) is 17.6. The smallest absolute Gasteiger partial charge is 0.264 e. The van der Waals surface area contributed by atoms with E-state index in [1.807, 2.05) is 6.07 Å². The number of furan rings is 1. The van der Waals surface area contributed by atoms with E-state index in [4.69, 9.17) is 16.0 Å². The number of hydrogen-bond acceptors (Lipinski definition) is 4. The molecule has 1 aromatic heterocycles. The van der Waals surface area contributed by atoms with Crippen LogP contribution in [0.15, 0.2) is 77.4 Å². The third-order valence-electron chi connectivity index (χ3n) is 4.88. The standard InChI is InChI=1S/C23H18ClNO4/c24-17-6-3-5-16(13-17)15-25-21-9-2-1-8-20(21)23(28,22(25)27)14-18(26)10-11-19-7-4-12-29-19/h1-13,28H,14-15H2/b11-10-/t23-/m1/s1. The zero-order valence-electron chi connectivity index (χ0n) is 15.4. The summed E-state index contributed by atoms with van der Waals surface area (Å²) in [5, 5.41) is 11.8. The van der Waals surface area contributed by atoms with Crippen LogP contribution in [0.25, 0.3) is 6.08 Å². The highest BCUT2D eigenvalue weighted by atomic mass is 35.5. The van der Waals surface area contributed by atoms with Gasteiger partial charge in [0.25, 0.3) is 5.91 Å². The van der Waals surface area contributed by atoms with E-state index in [9.17, 15) is 14.7 Å². The van der Waals surface area contributed by atoms with Crippen molar-refractivity contribution in [3.05, 3.63) is 94.9 Å². The Hall–Kier alpha value is -3.15. The lowest BCUT2D eigenvalue weighted by atomic mass is 9.90. The van der Waals surface area contributed by atoms with E-state index in [1.165, 1.54) is 23.3 Å². The number of nitrogens with zero attached hydrogens (tertiary/aromatic N) is 1. The average molecular weight is 408 g/mol. The second-order valence-electron chi connectivity index (χ2n) is 6.89. The molecule has 2 aromatic carbocycles. The highest BCUT2D eigenvalue weighted by molar-refractivity contribution is 6.30. The van der Waals surface area contributed by atoms with Crippen molar-refractivity contribution in [2.75, 3.05) is 4.90 Å². The van der Waals surface area contributed by atoms with Crippen molar-refractivity contribution < 1.29 is 19.1 Å². The SMILES string of the molecule is O=C(/C=C\c1ccco1)C[C@]1(O)C(=O)N(Cc2cccc(Cl)c2)c2ccccc21. The van der Waals surface area contributed by atoms with Crippen LogP contribution in [0.4, 0.5) is 5.69 Å². The van der Waals surface area contributed by atoms with E-state index in [1.54, 1.807) is 54.6 Å². The number of ketones is 1. The highest BCUT2D eigenvalue weighted by Gasteiger charge is 2.50. The van der Waals surface area contributed by atoms with Crippen molar-refractivity contribution >= 4 is 35.1 Å². The number of hydrogen-bond donors (Lipinski definition) is 1. The molecule has 4 rings (SSSR count). The molecule has 1 amide bonds. The Balaban J connectivity index is 1.61. The molecule has 0 radical (unpaired) electrons. The fraction of sp³-hybridized carbons (Fsp3) is 0.130. The molecule has 0 spiro atoms. The summed E-state index contributed by atoms with van der Waals surface area (Å²) in [7, 11) is 0. The van der Waals surface area contributed by atoms with Crippen LogP contribution < -0.4 is 4.90 Å². The second kappa shape index (κ2) is 7.70. The molecule has 0 aliphatic carbocycles. The van der Waals surface area contributed by atoms with Crippen LogP contribution in [0.5, 0.6) is 0 Å². The molecule has 0 unspecified atom stereocenters. The fourth-order valence-corrected chi connectivity index (χ4v) is 3.74. The lowest BCUT2D eigenvalue weighted by molar-refractivity contribution is -0.140. The third kappa shape index (κ3) is 3.75. The van der Waals surface area contributed by atoms with Crippen LogP contribution in [0.2, 0.25) is 5.02 Å². The summed E-state index contributed by atoms with van der Waals surface area (Å²) in [5.41, 5.74) is -0.0803. The maximum atomic E-state index is 13.2. The zero-order chi connectivity index (χ0) is 20.4. The number of fused-ring (bicyclic) bond motifs is 1. The van der Waals surface area contributed by atoms with Gasteiger partial charge in [0, 0.05) is 10.6 Å². The van der Waals surface area contributed by atoms with Gasteiger partial charge in [-0.1, -0.05) is 41.9 Å². The summed E-state index contributed by atoms with van der Waals surface area (Å²) < 4.78 is 5.16. The summed E-state index contributed by atoms with van der Waals surface area (Å²) in [6.45, 7) is 0.245. The quantitative estimate of drug-likeness (QED) is 0.617. The van der Waals surface area contributed by atoms with Gasteiger partial charge in [0.05, 0.1) is 24.9 Å². The first-order chi connectivity index (χ1) is 14.0. The minimum absolute atomic E-state index is 0.245. The summed E-state index contributed by atoms with van der Waals surface area (Å²) in [4.78, 5) is 27.2. The van der Waals surface area contributed by atoms with Crippen molar-refractivity contribution in [1.29, 1.82) is 0 Å². The molecule has 1 N–H and O–H groups in total. The number of benzene rings is 2. The van der Waals surface area contributed by atoms with Gasteiger partial charge in [-0.3, -0.25) is 9.59 Å². The molecule has 0 saturated heterocycles. The van der Waals surface area contributed by atoms with Crippen LogP contribution in [0, 0.1) is 0 Å². The van der Waals surface area contributed by atoms with Crippen molar-refractivity contribution in [3.8, 4) is 0 Å². The molecule has 0 saturated carbocycles. The van der Waals surface area contributed by atoms with Gasteiger partial charge in [0.2, 0.25) is 0 Å². The Morgan fingerprint density at radius 3 is 2.72 bits per heavy atom. The van der Waals surface area contributed by atoms with Gasteiger partial charge in [-0.15, -0.1) is 0 Å². The largest absolute Gasteiger partial charge is 0.465 e. The van der Waals surface area contributed by atoms with Gasteiger partial charge < -0.3 is 14.4 Å². The van der Waals surface area contributed by atoms with Crippen LogP contribution in [-0.4, -0.2) is 16.8 Å². The van der Waals surface area contributed by atoms with Gasteiger partial charge in [-0.25, -0.2) is 0 Å². The topological polar surface area (TPSA) is 70.7 Å². The lowest BCUT2D eigenvalue weighted by Gasteiger charge is -2.22. The molecular weight excluding hydrogens is 390 g/mol. The Bertz CT molecular complexity index is 1090. The Labute approximate surface area is 172 Å². The number of carbonyl (C=O) groups excluding carboxylic acids is 2. The number of para-hydroxylation sites is 1. The molecule has 146 valence electrons. The first-order valence-corrected chi connectivity index (χ1v) is 9.48. The maximum Gasteiger partial charge on any atom is 0.264 e. The molecule has 0 bridgehead atoms. The number of carbonyl (C=O) groups is 2. The molecule has 3 aromatic rings. The van der Waals surface area contributed by atoms with Crippen LogP contribution >= 0.6 is 11.6 Å². The van der Waals surface area contributed by atoms with Gasteiger partial charge in [-0.05, 0) is 48.0 Å². The number of aliphatic hydroxyl groups is 1. The van der Waals surface area contributed by atoms with E-state index < -0.39 is 11.5 Å². The van der Waals surface area contributed by atoms with Gasteiger partial charge in [0.15, 0.2) is 11.4 Å². The highest BCUT2D eigenvalue weighted by Crippen LogP contribution is 2.43. The molecule has 5 nitrogen and oxygen atoms in total. The molecule has 2 heterocycles. The van der Waals surface area contributed by atoms with Crippen LogP contribution in [0.1, 0.15) is 23.3 Å². The summed E-state index contributed by atoms with van der Waals surface area (Å²) >= 11 is 6.06. The van der Waals surface area contributed by atoms with E-state index in [2.05, 4.69) is 0 Å². The maximum absolute atomic E-state index is 13.2. The van der Waals surface area contributed by atoms with E-state index in [-0.39, 0.29) is 18.7 Å². The zero-order valence-corrected chi connectivity index (χ0v) is 16.2. The lowest BCUT2D eigenvalue weighted by Crippen LogP contribution is -2.41. The Kier molecular flexibility index (Phi) is 5.09. The third-order valence-corrected chi connectivity index (χ3v) is 5.11. The molecule has 1 atom stereocenters. The molecular formula is C23H18ClNO4. The summed E-state index contributed by atoms with van der Waals surface area (Å²) in [5.74, 6) is -0.388. The van der Waals surface area contributed by atoms with Gasteiger partial charge in [-0.2, -0.15) is 0 Å². The van der Waals surface area contributed by atoms with Crippen molar-refractivity contribution in [2.45, 2.75) is 18.6 Å². The Morgan fingerprint density at radius 2 is 1.97 bits per heavy atom. The number of anilines is 1.